The van der Waals surface area contributed by atoms with Crippen LogP contribution < -0.4 is 9.80 Å². The van der Waals surface area contributed by atoms with Gasteiger partial charge in [-0.1, -0.05) is 62.1 Å². The maximum absolute atomic E-state index is 9.44. The van der Waals surface area contributed by atoms with Crippen LogP contribution in [-0.4, -0.2) is 6.64 Å². The van der Waals surface area contributed by atoms with Crippen LogP contribution in [-0.2, 0) is 5.41 Å². The van der Waals surface area contributed by atoms with Gasteiger partial charge in [0.1, 0.15) is 0 Å². The highest BCUT2D eigenvalue weighted by molar-refractivity contribution is 5.78. The average molecular weight is 400 g/mol. The predicted molar refractivity (Wildman–Crippen MR) is 126 cm³/mol. The molecule has 2 fully saturated rings. The zero-order valence-electron chi connectivity index (χ0n) is 19.4. The van der Waals surface area contributed by atoms with Crippen molar-refractivity contribution in [2.45, 2.75) is 70.6 Å². The van der Waals surface area contributed by atoms with Crippen molar-refractivity contribution in [2.24, 2.45) is 11.8 Å². The van der Waals surface area contributed by atoms with Crippen LogP contribution >= 0.6 is 0 Å². The van der Waals surface area contributed by atoms with Gasteiger partial charge in [-0.15, -0.1) is 0 Å². The van der Waals surface area contributed by atoms with Crippen molar-refractivity contribution in [1.82, 2.24) is 0 Å². The molecule has 4 aliphatic rings. The molecule has 0 N–H and O–H groups in total. The Morgan fingerprint density at radius 2 is 1.33 bits per heavy atom. The summed E-state index contributed by atoms with van der Waals surface area (Å²) in [6.07, 6.45) is 10.8. The summed E-state index contributed by atoms with van der Waals surface area (Å²) >= 11 is 0. The van der Waals surface area contributed by atoms with Crippen molar-refractivity contribution in [3.05, 3.63) is 71.1 Å². The van der Waals surface area contributed by atoms with E-state index in [1.54, 1.807) is 0 Å². The summed E-state index contributed by atoms with van der Waals surface area (Å²) in [5, 5.41) is 0. The molecule has 6 rings (SSSR count). The molecule has 2 nitrogen and oxygen atoms in total. The first-order valence-corrected chi connectivity index (χ1v) is 12.0. The molecule has 2 aromatic rings. The van der Waals surface area contributed by atoms with Crippen LogP contribution in [0.4, 0.5) is 11.4 Å². The fraction of sp³-hybridized carbons (Fsp3) is 0.500. The summed E-state index contributed by atoms with van der Waals surface area (Å²) in [7, 11) is 0. The fourth-order valence-electron chi connectivity index (χ4n) is 7.39. The number of fused-ring (bicyclic) bond motifs is 3. The van der Waals surface area contributed by atoms with Gasteiger partial charge in [-0.25, -0.2) is 0 Å². The summed E-state index contributed by atoms with van der Waals surface area (Å²) in [5.74, 6) is 1.41. The zero-order valence-corrected chi connectivity index (χ0v) is 18.4. The Labute approximate surface area is 183 Å². The Morgan fingerprint density at radius 1 is 0.767 bits per heavy atom. The fourth-order valence-corrected chi connectivity index (χ4v) is 7.39. The van der Waals surface area contributed by atoms with Gasteiger partial charge in [0.25, 0.3) is 0 Å². The summed E-state index contributed by atoms with van der Waals surface area (Å²) in [6, 6.07) is 17.7. The molecule has 0 aromatic heterocycles. The first-order valence-electron chi connectivity index (χ1n) is 12.6. The van der Waals surface area contributed by atoms with Gasteiger partial charge in [-0.3, -0.25) is 0 Å². The average Bonchev–Trinajstić information content (AvgIpc) is 3.56. The zero-order chi connectivity index (χ0) is 21.2. The van der Waals surface area contributed by atoms with Gasteiger partial charge >= 0.3 is 0 Å². The second kappa shape index (κ2) is 6.90. The summed E-state index contributed by atoms with van der Waals surface area (Å²) in [5.41, 5.74) is 8.13. The maximum atomic E-state index is 9.44. The van der Waals surface area contributed by atoms with E-state index in [1.165, 1.54) is 85.3 Å². The Bertz CT molecular complexity index is 1010. The third-order valence-electron chi connectivity index (χ3n) is 8.55. The van der Waals surface area contributed by atoms with E-state index in [-0.39, 0.29) is 5.41 Å². The molecular weight excluding hydrogens is 364 g/mol. The molecule has 2 heteroatoms. The molecule has 2 aromatic carbocycles. The molecular formula is C28H34N2. The van der Waals surface area contributed by atoms with Crippen molar-refractivity contribution in [1.29, 1.82) is 0 Å². The van der Waals surface area contributed by atoms with Gasteiger partial charge in [0, 0.05) is 22.5 Å². The normalized spacial score (nSPS) is 26.5. The highest BCUT2D eigenvalue weighted by Crippen LogP contribution is 2.64. The molecule has 0 spiro atoms. The van der Waals surface area contributed by atoms with Gasteiger partial charge in [0.05, 0.1) is 13.7 Å². The molecule has 2 saturated carbocycles. The van der Waals surface area contributed by atoms with Crippen molar-refractivity contribution < 1.29 is 1.37 Å². The lowest BCUT2D eigenvalue weighted by molar-refractivity contribution is 0.217. The number of anilines is 2. The molecule has 0 radical (unpaired) electrons. The van der Waals surface area contributed by atoms with Crippen molar-refractivity contribution in [3.63, 3.8) is 0 Å². The second-order valence-electron chi connectivity index (χ2n) is 9.92. The topological polar surface area (TPSA) is 6.48 Å². The minimum Gasteiger partial charge on any atom is -0.325 e. The van der Waals surface area contributed by atoms with Crippen molar-refractivity contribution in [2.75, 3.05) is 16.4 Å². The van der Waals surface area contributed by atoms with Gasteiger partial charge in [-0.05, 0) is 74.6 Å². The highest BCUT2D eigenvalue weighted by Gasteiger charge is 2.59. The van der Waals surface area contributed by atoms with Crippen LogP contribution in [0.5, 0.6) is 0 Å². The number of allylic oxidation sites excluding steroid dienone is 2. The van der Waals surface area contributed by atoms with Crippen molar-refractivity contribution in [3.8, 4) is 0 Å². The third-order valence-corrected chi connectivity index (χ3v) is 8.55. The van der Waals surface area contributed by atoms with Crippen LogP contribution in [0.2, 0.25) is 0 Å². The summed E-state index contributed by atoms with van der Waals surface area (Å²) < 4.78 is 9.44. The van der Waals surface area contributed by atoms with Crippen LogP contribution in [0.1, 0.15) is 70.8 Å². The minimum absolute atomic E-state index is 0.0877. The van der Waals surface area contributed by atoms with Gasteiger partial charge < -0.3 is 9.80 Å². The molecule has 1 unspecified atom stereocenters. The SMILES string of the molecule is [2H]C1N(c2ccccc2C)C(C)=C2N1c1ccccc1C2(C1CCCC1)C1CCCC1. The van der Waals surface area contributed by atoms with Crippen LogP contribution in [0, 0.1) is 18.8 Å². The Balaban J connectivity index is 1.62. The monoisotopic (exact) mass is 399 g/mol. The highest BCUT2D eigenvalue weighted by atomic mass is 15.4. The number of aryl methyl sites for hydroxylation is 1. The van der Waals surface area contributed by atoms with E-state index in [4.69, 9.17) is 0 Å². The molecule has 0 saturated heterocycles. The van der Waals surface area contributed by atoms with E-state index in [0.29, 0.717) is 11.8 Å². The molecule has 156 valence electrons. The maximum Gasteiger partial charge on any atom is 0.0995 e. The lowest BCUT2D eigenvalue weighted by Crippen LogP contribution is -2.42. The molecule has 2 heterocycles. The Hall–Kier alpha value is -2.22. The van der Waals surface area contributed by atoms with E-state index in [0.717, 1.165) is 0 Å². The minimum atomic E-state index is -0.429. The van der Waals surface area contributed by atoms with Crippen LogP contribution in [0.15, 0.2) is 59.9 Å². The van der Waals surface area contributed by atoms with Gasteiger partial charge in [-0.2, -0.15) is 0 Å². The summed E-state index contributed by atoms with van der Waals surface area (Å²) in [6.45, 7) is 4.05. The van der Waals surface area contributed by atoms with E-state index >= 15 is 0 Å². The Morgan fingerprint density at radius 3 is 1.97 bits per heavy atom. The quantitative estimate of drug-likeness (QED) is 0.541. The van der Waals surface area contributed by atoms with E-state index in [1.807, 2.05) is 0 Å². The third kappa shape index (κ3) is 2.37. The number of para-hydroxylation sites is 2. The van der Waals surface area contributed by atoms with Crippen LogP contribution in [0.25, 0.3) is 0 Å². The number of hydrogen-bond acceptors (Lipinski definition) is 2. The molecule has 0 bridgehead atoms. The molecule has 2 aliphatic heterocycles. The van der Waals surface area contributed by atoms with E-state index in [2.05, 4.69) is 72.2 Å². The lowest BCUT2D eigenvalue weighted by Gasteiger charge is -2.43. The number of rotatable bonds is 3. The first-order chi connectivity index (χ1) is 15.2. The Kier molecular flexibility index (Phi) is 4.02. The lowest BCUT2D eigenvalue weighted by atomic mass is 9.60. The first kappa shape index (κ1) is 17.5. The summed E-state index contributed by atoms with van der Waals surface area (Å²) in [4.78, 5) is 4.72. The predicted octanol–water partition coefficient (Wildman–Crippen LogP) is 7.14. The van der Waals surface area contributed by atoms with Crippen LogP contribution in [0.3, 0.4) is 0 Å². The van der Waals surface area contributed by atoms with Gasteiger partial charge in [0.15, 0.2) is 0 Å². The second-order valence-corrected chi connectivity index (χ2v) is 9.92. The molecule has 0 amide bonds. The number of hydrogen-bond donors (Lipinski definition) is 0. The number of nitrogens with zero attached hydrogens (tertiary/aromatic N) is 2. The molecule has 1 atom stereocenters. The smallest absolute Gasteiger partial charge is 0.0995 e. The van der Waals surface area contributed by atoms with E-state index in [9.17, 15) is 1.37 Å². The molecule has 30 heavy (non-hydrogen) atoms. The standard InChI is InChI=1S/C28H34N2/c1-20-11-3-9-17-25(20)29-19-30-26-18-10-8-16-24(26)28(27(30)21(29)2,22-12-4-5-13-22)23-14-6-7-15-23/h3,8-11,16-18,22-23H,4-7,12-15,19H2,1-2H3/i19D. The van der Waals surface area contributed by atoms with Gasteiger partial charge in [0.2, 0.25) is 0 Å². The molecule has 2 aliphatic carbocycles. The number of benzene rings is 2. The largest absolute Gasteiger partial charge is 0.325 e. The van der Waals surface area contributed by atoms with Crippen molar-refractivity contribution >= 4 is 11.4 Å². The van der Waals surface area contributed by atoms with E-state index < -0.39 is 6.64 Å².